The highest BCUT2D eigenvalue weighted by Gasteiger charge is 2.34. The van der Waals surface area contributed by atoms with Crippen molar-refractivity contribution in [3.63, 3.8) is 0 Å². The zero-order valence-electron chi connectivity index (χ0n) is 14.8. The van der Waals surface area contributed by atoms with Crippen molar-refractivity contribution in [3.8, 4) is 0 Å². The number of carbonyl (C=O) groups excluding carboxylic acids is 3. The molecule has 1 N–H and O–H groups in total. The number of nitrogens with one attached hydrogen (secondary N) is 1. The quantitative estimate of drug-likeness (QED) is 0.818. The lowest BCUT2D eigenvalue weighted by atomic mass is 10.1. The van der Waals surface area contributed by atoms with E-state index in [1.807, 2.05) is 0 Å². The van der Waals surface area contributed by atoms with E-state index in [1.54, 1.807) is 24.3 Å². The van der Waals surface area contributed by atoms with Gasteiger partial charge in [-0.3, -0.25) is 19.3 Å². The summed E-state index contributed by atoms with van der Waals surface area (Å²) in [5.74, 6) is -3.11. The SMILES string of the molecule is CN(C)c1c(F)cc(NC(=O)CCN2C(=O)c3ccccc3C2=O)cc1F. The first kappa shape index (κ1) is 18.5. The van der Waals surface area contributed by atoms with E-state index in [2.05, 4.69) is 5.32 Å². The molecule has 0 saturated carbocycles. The number of hydrogen-bond acceptors (Lipinski definition) is 4. The van der Waals surface area contributed by atoms with Crippen molar-refractivity contribution in [2.75, 3.05) is 30.9 Å². The molecule has 27 heavy (non-hydrogen) atoms. The number of nitrogens with zero attached hydrogens (tertiary/aromatic N) is 2. The van der Waals surface area contributed by atoms with Gasteiger partial charge >= 0.3 is 0 Å². The third kappa shape index (κ3) is 3.51. The Morgan fingerprint density at radius 3 is 2.04 bits per heavy atom. The largest absolute Gasteiger partial charge is 0.373 e. The van der Waals surface area contributed by atoms with Gasteiger partial charge in [-0.15, -0.1) is 0 Å². The van der Waals surface area contributed by atoms with Gasteiger partial charge < -0.3 is 10.2 Å². The second kappa shape index (κ2) is 7.14. The molecule has 1 aliphatic heterocycles. The summed E-state index contributed by atoms with van der Waals surface area (Å²) in [7, 11) is 3.00. The van der Waals surface area contributed by atoms with Crippen molar-refractivity contribution in [2.24, 2.45) is 0 Å². The van der Waals surface area contributed by atoms with Crippen LogP contribution in [0.5, 0.6) is 0 Å². The fourth-order valence-corrected chi connectivity index (χ4v) is 2.94. The molecule has 3 rings (SSSR count). The second-order valence-corrected chi connectivity index (χ2v) is 6.29. The lowest BCUT2D eigenvalue weighted by molar-refractivity contribution is -0.116. The summed E-state index contributed by atoms with van der Waals surface area (Å²) in [6.07, 6.45) is -0.190. The Kier molecular flexibility index (Phi) is 4.89. The highest BCUT2D eigenvalue weighted by atomic mass is 19.1. The molecule has 0 atom stereocenters. The van der Waals surface area contributed by atoms with E-state index < -0.39 is 29.4 Å². The summed E-state index contributed by atoms with van der Waals surface area (Å²) in [5.41, 5.74) is 0.347. The van der Waals surface area contributed by atoms with Gasteiger partial charge in [0.1, 0.15) is 5.69 Å². The Morgan fingerprint density at radius 1 is 1.04 bits per heavy atom. The Balaban J connectivity index is 1.65. The highest BCUT2D eigenvalue weighted by Crippen LogP contribution is 2.26. The third-order valence-corrected chi connectivity index (χ3v) is 4.19. The van der Waals surface area contributed by atoms with Gasteiger partial charge in [-0.2, -0.15) is 0 Å². The lowest BCUT2D eigenvalue weighted by Gasteiger charge is -2.16. The Morgan fingerprint density at radius 2 is 1.56 bits per heavy atom. The van der Waals surface area contributed by atoms with E-state index in [1.165, 1.54) is 19.0 Å². The highest BCUT2D eigenvalue weighted by molar-refractivity contribution is 6.21. The summed E-state index contributed by atoms with van der Waals surface area (Å²) >= 11 is 0. The zero-order valence-corrected chi connectivity index (χ0v) is 14.8. The summed E-state index contributed by atoms with van der Waals surface area (Å²) in [4.78, 5) is 38.8. The van der Waals surface area contributed by atoms with Crippen LogP contribution < -0.4 is 10.2 Å². The number of carbonyl (C=O) groups is 3. The van der Waals surface area contributed by atoms with Crippen molar-refractivity contribution in [1.29, 1.82) is 0 Å². The molecule has 0 bridgehead atoms. The monoisotopic (exact) mass is 373 g/mol. The van der Waals surface area contributed by atoms with Gasteiger partial charge in [0.15, 0.2) is 11.6 Å². The third-order valence-electron chi connectivity index (χ3n) is 4.19. The van der Waals surface area contributed by atoms with Crippen molar-refractivity contribution >= 4 is 29.1 Å². The van der Waals surface area contributed by atoms with Crippen molar-refractivity contribution in [3.05, 3.63) is 59.2 Å². The van der Waals surface area contributed by atoms with Crippen molar-refractivity contribution < 1.29 is 23.2 Å². The molecule has 0 aliphatic carbocycles. The van der Waals surface area contributed by atoms with E-state index in [0.29, 0.717) is 11.1 Å². The summed E-state index contributed by atoms with van der Waals surface area (Å²) in [6, 6.07) is 8.43. The minimum Gasteiger partial charge on any atom is -0.373 e. The molecule has 8 heteroatoms. The molecule has 2 aromatic carbocycles. The molecule has 0 radical (unpaired) electrons. The van der Waals surface area contributed by atoms with Crippen molar-refractivity contribution in [1.82, 2.24) is 4.90 Å². The minimum absolute atomic E-state index is 0.0389. The molecular formula is C19H17F2N3O3. The number of fused-ring (bicyclic) bond motifs is 1. The fourth-order valence-electron chi connectivity index (χ4n) is 2.94. The van der Waals surface area contributed by atoms with Crippen LogP contribution in [-0.2, 0) is 4.79 Å². The van der Waals surface area contributed by atoms with Crippen LogP contribution in [0.1, 0.15) is 27.1 Å². The van der Waals surface area contributed by atoms with Gasteiger partial charge in [-0.1, -0.05) is 12.1 Å². The first-order chi connectivity index (χ1) is 12.8. The molecule has 0 spiro atoms. The molecule has 1 aliphatic rings. The van der Waals surface area contributed by atoms with E-state index in [9.17, 15) is 23.2 Å². The van der Waals surface area contributed by atoms with Gasteiger partial charge in [0.25, 0.3) is 11.8 Å². The normalized spacial score (nSPS) is 13.0. The van der Waals surface area contributed by atoms with E-state index in [0.717, 1.165) is 17.0 Å². The number of amides is 3. The van der Waals surface area contributed by atoms with Gasteiger partial charge in [-0.05, 0) is 24.3 Å². The van der Waals surface area contributed by atoms with Gasteiger partial charge in [0.2, 0.25) is 5.91 Å². The van der Waals surface area contributed by atoms with E-state index in [4.69, 9.17) is 0 Å². The Bertz CT molecular complexity index is 886. The van der Waals surface area contributed by atoms with Crippen molar-refractivity contribution in [2.45, 2.75) is 6.42 Å². The topological polar surface area (TPSA) is 69.7 Å². The lowest BCUT2D eigenvalue weighted by Crippen LogP contribution is -2.32. The van der Waals surface area contributed by atoms with Crippen LogP contribution in [0.15, 0.2) is 36.4 Å². The molecule has 0 aromatic heterocycles. The van der Waals surface area contributed by atoms with Crippen LogP contribution in [0, 0.1) is 11.6 Å². The van der Waals surface area contributed by atoms with E-state index in [-0.39, 0.29) is 24.3 Å². The van der Waals surface area contributed by atoms with Crippen LogP contribution in [0.2, 0.25) is 0 Å². The maximum Gasteiger partial charge on any atom is 0.261 e. The first-order valence-corrected chi connectivity index (χ1v) is 8.21. The molecule has 140 valence electrons. The number of imide groups is 1. The zero-order chi connectivity index (χ0) is 19.7. The molecule has 0 saturated heterocycles. The molecule has 0 fully saturated rings. The van der Waals surface area contributed by atoms with Crippen LogP contribution in [0.25, 0.3) is 0 Å². The second-order valence-electron chi connectivity index (χ2n) is 6.29. The minimum atomic E-state index is -0.810. The Labute approximate surface area is 154 Å². The first-order valence-electron chi connectivity index (χ1n) is 8.21. The van der Waals surface area contributed by atoms with E-state index >= 15 is 0 Å². The molecular weight excluding hydrogens is 356 g/mol. The number of benzene rings is 2. The summed E-state index contributed by atoms with van der Waals surface area (Å²) in [5, 5.41) is 2.38. The summed E-state index contributed by atoms with van der Waals surface area (Å²) < 4.78 is 27.9. The predicted octanol–water partition coefficient (Wildman–Crippen LogP) is 2.66. The number of rotatable bonds is 5. The van der Waals surface area contributed by atoms with Gasteiger partial charge in [-0.25, -0.2) is 8.78 Å². The van der Waals surface area contributed by atoms with Crippen LogP contribution in [0.4, 0.5) is 20.2 Å². The van der Waals surface area contributed by atoms with Crippen LogP contribution >= 0.6 is 0 Å². The smallest absolute Gasteiger partial charge is 0.261 e. The molecule has 2 aromatic rings. The molecule has 6 nitrogen and oxygen atoms in total. The average molecular weight is 373 g/mol. The number of hydrogen-bond donors (Lipinski definition) is 1. The standard InChI is InChI=1S/C19H17F2N3O3/c1-23(2)17-14(20)9-11(10-15(17)21)22-16(25)7-8-24-18(26)12-5-3-4-6-13(12)19(24)27/h3-6,9-10H,7-8H2,1-2H3,(H,22,25). The number of halogens is 2. The maximum atomic E-state index is 14.0. The maximum absolute atomic E-state index is 14.0. The van der Waals surface area contributed by atoms with Crippen LogP contribution in [0.3, 0.4) is 0 Å². The van der Waals surface area contributed by atoms with Gasteiger partial charge in [0.05, 0.1) is 11.1 Å². The van der Waals surface area contributed by atoms with Crippen LogP contribution in [-0.4, -0.2) is 43.3 Å². The average Bonchev–Trinajstić information content (AvgIpc) is 2.83. The molecule has 1 heterocycles. The molecule has 0 unspecified atom stereocenters. The summed E-state index contributed by atoms with van der Waals surface area (Å²) in [6.45, 7) is -0.126. The number of anilines is 2. The molecule has 3 amide bonds. The Hall–Kier alpha value is -3.29. The van der Waals surface area contributed by atoms with Gasteiger partial charge in [0, 0.05) is 32.7 Å². The fraction of sp³-hybridized carbons (Fsp3) is 0.211. The predicted molar refractivity (Wildman–Crippen MR) is 95.7 cm³/mol.